The Hall–Kier alpha value is -5.11. The highest BCUT2D eigenvalue weighted by atomic mass is 19.1. The third-order valence-corrected chi connectivity index (χ3v) is 10.3. The molecule has 0 amide bonds. The zero-order chi connectivity index (χ0) is 35.9. The van der Waals surface area contributed by atoms with Gasteiger partial charge in [0.05, 0.1) is 12.3 Å². The summed E-state index contributed by atoms with van der Waals surface area (Å²) in [7, 11) is 1.55. The molecule has 2 saturated heterocycles. The van der Waals surface area contributed by atoms with Crippen LogP contribution in [0.25, 0.3) is 0 Å². The summed E-state index contributed by atoms with van der Waals surface area (Å²) in [4.78, 5) is 29.7. The van der Waals surface area contributed by atoms with E-state index in [0.717, 1.165) is 16.7 Å². The van der Waals surface area contributed by atoms with Crippen molar-refractivity contribution in [3.8, 4) is 11.5 Å². The number of ether oxygens (including phenoxy) is 5. The fourth-order valence-corrected chi connectivity index (χ4v) is 7.73. The summed E-state index contributed by atoms with van der Waals surface area (Å²) in [5.74, 6) is -0.358. The number of aromatic nitrogens is 2. The van der Waals surface area contributed by atoms with Gasteiger partial charge in [-0.2, -0.15) is 0 Å². The number of piperidine rings is 1. The van der Waals surface area contributed by atoms with Gasteiger partial charge >= 0.3 is 5.69 Å². The quantitative estimate of drug-likeness (QED) is 0.202. The van der Waals surface area contributed by atoms with Gasteiger partial charge in [-0.1, -0.05) is 78.9 Å². The predicted molar refractivity (Wildman–Crippen MR) is 189 cm³/mol. The fourth-order valence-electron chi connectivity index (χ4n) is 7.73. The second-order valence-corrected chi connectivity index (χ2v) is 13.1. The Morgan fingerprint density at radius 1 is 0.827 bits per heavy atom. The second kappa shape index (κ2) is 13.8. The number of hydrogen-bond acceptors (Lipinski definition) is 9. The number of anilines is 1. The van der Waals surface area contributed by atoms with Gasteiger partial charge in [-0.3, -0.25) is 14.3 Å². The molecule has 0 unspecified atom stereocenters. The molecule has 0 bridgehead atoms. The van der Waals surface area contributed by atoms with E-state index in [2.05, 4.69) is 4.98 Å². The largest absolute Gasteiger partial charge is 0.457 e. The summed E-state index contributed by atoms with van der Waals surface area (Å²) in [6.45, 7) is 0.337. The van der Waals surface area contributed by atoms with E-state index in [9.17, 15) is 19.1 Å². The van der Waals surface area contributed by atoms with Crippen molar-refractivity contribution < 1.29 is 33.2 Å². The van der Waals surface area contributed by atoms with Crippen molar-refractivity contribution in [1.82, 2.24) is 9.55 Å². The van der Waals surface area contributed by atoms with Gasteiger partial charge in [0.15, 0.2) is 17.6 Å². The summed E-state index contributed by atoms with van der Waals surface area (Å²) in [5.41, 5.74) is 0.128. The lowest BCUT2D eigenvalue weighted by Gasteiger charge is -2.46. The molecule has 1 aromatic heterocycles. The van der Waals surface area contributed by atoms with Crippen molar-refractivity contribution in [2.75, 3.05) is 31.7 Å². The lowest BCUT2D eigenvalue weighted by molar-refractivity contribution is -0.282. The monoisotopic (exact) mass is 707 g/mol. The van der Waals surface area contributed by atoms with Crippen LogP contribution in [-0.2, 0) is 24.5 Å². The number of benzene rings is 4. The van der Waals surface area contributed by atoms with Gasteiger partial charge in [-0.15, -0.1) is 0 Å². The van der Waals surface area contributed by atoms with Crippen LogP contribution in [0.5, 0.6) is 11.5 Å². The highest BCUT2D eigenvalue weighted by molar-refractivity contribution is 5.61. The van der Waals surface area contributed by atoms with Crippen molar-refractivity contribution in [3.05, 3.63) is 159 Å². The maximum atomic E-state index is 14.8. The van der Waals surface area contributed by atoms with Gasteiger partial charge in [0.1, 0.15) is 35.6 Å². The molecule has 2 fully saturated rings. The molecule has 4 heterocycles. The van der Waals surface area contributed by atoms with Crippen LogP contribution in [0.4, 0.5) is 10.1 Å². The van der Waals surface area contributed by atoms with E-state index >= 15 is 0 Å². The van der Waals surface area contributed by atoms with E-state index in [4.69, 9.17) is 23.7 Å². The molecule has 3 aliphatic heterocycles. The normalized spacial score (nSPS) is 23.0. The van der Waals surface area contributed by atoms with Gasteiger partial charge in [-0.25, -0.2) is 9.18 Å². The van der Waals surface area contributed by atoms with Crippen LogP contribution in [-0.4, -0.2) is 65.6 Å². The highest BCUT2D eigenvalue weighted by Crippen LogP contribution is 2.54. The molecule has 12 heteroatoms. The number of rotatable bonds is 9. The van der Waals surface area contributed by atoms with Gasteiger partial charge in [0, 0.05) is 56.4 Å². The average Bonchev–Trinajstić information content (AvgIpc) is 3.51. The van der Waals surface area contributed by atoms with E-state index in [-0.39, 0.29) is 5.82 Å². The number of aliphatic hydroxyl groups is 1. The molecule has 0 radical (unpaired) electrons. The lowest BCUT2D eigenvalue weighted by atomic mass is 9.77. The zero-order valence-electron chi connectivity index (χ0n) is 28.4. The number of hydrogen-bond donors (Lipinski definition) is 2. The van der Waals surface area contributed by atoms with Crippen molar-refractivity contribution in [1.29, 1.82) is 0 Å². The molecule has 52 heavy (non-hydrogen) atoms. The van der Waals surface area contributed by atoms with Crippen molar-refractivity contribution in [3.63, 3.8) is 0 Å². The van der Waals surface area contributed by atoms with E-state index in [1.807, 2.05) is 83.8 Å². The highest BCUT2D eigenvalue weighted by Gasteiger charge is 2.56. The molecule has 0 saturated carbocycles. The molecule has 4 atom stereocenters. The molecular formula is C40H38FN3O8. The average molecular weight is 708 g/mol. The van der Waals surface area contributed by atoms with Crippen LogP contribution in [0.2, 0.25) is 0 Å². The molecule has 2 N–H and O–H groups in total. The Bertz CT molecular complexity index is 2120. The number of fused-ring (bicyclic) bond motifs is 2. The minimum absolute atomic E-state index is 0.322. The third-order valence-electron chi connectivity index (χ3n) is 10.3. The van der Waals surface area contributed by atoms with Crippen LogP contribution >= 0.6 is 0 Å². The van der Waals surface area contributed by atoms with E-state index < -0.39 is 53.8 Å². The number of nitrogens with one attached hydrogen (secondary N) is 1. The summed E-state index contributed by atoms with van der Waals surface area (Å²) in [6, 6.07) is 32.8. The first kappa shape index (κ1) is 34.0. The molecule has 4 aromatic carbocycles. The second-order valence-electron chi connectivity index (χ2n) is 13.1. The molecule has 0 aliphatic carbocycles. The predicted octanol–water partition coefficient (Wildman–Crippen LogP) is 5.08. The minimum Gasteiger partial charge on any atom is -0.457 e. The van der Waals surface area contributed by atoms with Gasteiger partial charge in [-0.05, 0) is 29.8 Å². The van der Waals surface area contributed by atoms with Crippen LogP contribution in [0.1, 0.15) is 35.8 Å². The van der Waals surface area contributed by atoms with Crippen LogP contribution in [0.15, 0.2) is 125 Å². The Morgan fingerprint density at radius 2 is 1.46 bits per heavy atom. The molecule has 268 valence electrons. The lowest BCUT2D eigenvalue weighted by Crippen LogP contribution is -2.54. The summed E-state index contributed by atoms with van der Waals surface area (Å²) < 4.78 is 49.5. The van der Waals surface area contributed by atoms with Crippen LogP contribution < -0.4 is 20.9 Å². The molecule has 0 spiro atoms. The number of methoxy groups -OCH3 is 1. The third kappa shape index (κ3) is 5.82. The Labute approximate surface area is 298 Å². The first-order valence-corrected chi connectivity index (χ1v) is 17.3. The van der Waals surface area contributed by atoms with E-state index in [1.165, 1.54) is 22.9 Å². The maximum Gasteiger partial charge on any atom is 0.330 e. The Morgan fingerprint density at radius 3 is 2.10 bits per heavy atom. The minimum atomic E-state index is -1.30. The van der Waals surface area contributed by atoms with Gasteiger partial charge in [0.2, 0.25) is 0 Å². The van der Waals surface area contributed by atoms with E-state index in [0.29, 0.717) is 43.1 Å². The summed E-state index contributed by atoms with van der Waals surface area (Å²) in [5, 5.41) is 10.9. The SMILES string of the molecule is COC1(O[C@@H]2[C@H](OC3(c4ccccc4)c4ccccc4Oc4ccccc43)[C@@H](CO)O[C@H]2n2ccc(=O)[nH]c2=O)CCN(c2ccccc2F)CC1. The molecule has 11 nitrogen and oxygen atoms in total. The number of halogens is 1. The molecular weight excluding hydrogens is 669 g/mol. The van der Waals surface area contributed by atoms with Crippen LogP contribution in [0, 0.1) is 5.82 Å². The number of H-pyrrole nitrogens is 1. The standard InChI is InChI=1S/C40H38FN3O8/c1-48-39(20-23-43(24-21-39)30-16-8-7-15-29(30)41)51-36-35(33(25-45)50-37(36)44-22-19-34(46)42-38(44)47)52-40(26-11-3-2-4-12-26)27-13-5-9-17-31(27)49-32-18-10-6-14-28(32)40/h2-19,22,33,35-37,45H,20-21,23-25H2,1H3,(H,42,46,47)/t33-,35-,36-,37-/m1/s1. The maximum absolute atomic E-state index is 14.8. The summed E-state index contributed by atoms with van der Waals surface area (Å²) >= 11 is 0. The Kier molecular flexibility index (Phi) is 9.02. The van der Waals surface area contributed by atoms with Crippen molar-refractivity contribution >= 4 is 5.69 Å². The summed E-state index contributed by atoms with van der Waals surface area (Å²) in [6.07, 6.45) is -2.23. The van der Waals surface area contributed by atoms with Crippen LogP contribution in [0.3, 0.4) is 0 Å². The first-order chi connectivity index (χ1) is 25.4. The van der Waals surface area contributed by atoms with E-state index in [1.54, 1.807) is 25.3 Å². The van der Waals surface area contributed by atoms with Gasteiger partial charge < -0.3 is 33.7 Å². The molecule has 3 aliphatic rings. The van der Waals surface area contributed by atoms with Gasteiger partial charge in [0.25, 0.3) is 5.56 Å². The molecule has 8 rings (SSSR count). The number of nitrogens with zero attached hydrogens (tertiary/aromatic N) is 2. The zero-order valence-corrected chi connectivity index (χ0v) is 28.4. The van der Waals surface area contributed by atoms with Crippen molar-refractivity contribution in [2.45, 2.75) is 48.8 Å². The topological polar surface area (TPSA) is 124 Å². The number of aliphatic hydroxyl groups excluding tert-OH is 1. The first-order valence-electron chi connectivity index (χ1n) is 17.3. The Balaban J connectivity index is 1.25. The number of aromatic amines is 1. The molecule has 5 aromatic rings. The van der Waals surface area contributed by atoms with Crippen molar-refractivity contribution in [2.24, 2.45) is 0 Å². The fraction of sp³-hybridized carbons (Fsp3) is 0.300. The number of para-hydroxylation sites is 3. The smallest absolute Gasteiger partial charge is 0.330 e.